The molecule has 0 unspecified atom stereocenters. The monoisotopic (exact) mass is 135 g/mol. The van der Waals surface area contributed by atoms with Crippen molar-refractivity contribution in [3.63, 3.8) is 0 Å². The lowest BCUT2D eigenvalue weighted by molar-refractivity contribution is -0.385. The fourth-order valence-corrected chi connectivity index (χ4v) is 1.16. The molecule has 1 aromatic rings. The van der Waals surface area contributed by atoms with Crippen LogP contribution in [-0.2, 0) is 6.42 Å². The minimum Gasteiger partial charge on any atom is -0.258 e. The Bertz CT molecular complexity index is 303. The third-order valence-electron chi connectivity index (χ3n) is 1.74. The number of nitro benzene ring substituents is 1. The predicted molar refractivity (Wildman–Crippen MR) is 35.9 cm³/mol. The van der Waals surface area contributed by atoms with Crippen LogP contribution in [0.3, 0.4) is 0 Å². The molecule has 0 saturated carbocycles. The fourth-order valence-electron chi connectivity index (χ4n) is 1.16. The van der Waals surface area contributed by atoms with Gasteiger partial charge >= 0.3 is 0 Å². The van der Waals surface area contributed by atoms with Crippen LogP contribution in [0.25, 0.3) is 0 Å². The van der Waals surface area contributed by atoms with E-state index in [0.717, 1.165) is 12.0 Å². The second kappa shape index (κ2) is 1.56. The molecule has 0 aliphatic heterocycles. The second-order valence-corrected chi connectivity index (χ2v) is 2.40. The Hall–Kier alpha value is -1.38. The van der Waals surface area contributed by atoms with Gasteiger partial charge in [-0.05, 0) is 11.6 Å². The van der Waals surface area contributed by atoms with Crippen LogP contribution in [0.2, 0.25) is 0 Å². The molecule has 2 aliphatic carbocycles. The Kier molecular flexibility index (Phi) is 0.845. The summed E-state index contributed by atoms with van der Waals surface area (Å²) in [7, 11) is 0. The van der Waals surface area contributed by atoms with Gasteiger partial charge < -0.3 is 0 Å². The molecule has 0 radical (unpaired) electrons. The zero-order valence-corrected chi connectivity index (χ0v) is 5.20. The van der Waals surface area contributed by atoms with Crippen LogP contribution in [0.15, 0.2) is 18.2 Å². The first kappa shape index (κ1) is 5.41. The number of nitro groups is 1. The quantitative estimate of drug-likeness (QED) is 0.439. The lowest BCUT2D eigenvalue weighted by atomic mass is 9.92. The van der Waals surface area contributed by atoms with Gasteiger partial charge in [-0.25, -0.2) is 0 Å². The van der Waals surface area contributed by atoms with Crippen LogP contribution < -0.4 is 0 Å². The van der Waals surface area contributed by atoms with Gasteiger partial charge in [-0.15, -0.1) is 0 Å². The Labute approximate surface area is 57.4 Å². The van der Waals surface area contributed by atoms with Gasteiger partial charge in [0.25, 0.3) is 5.69 Å². The second-order valence-electron chi connectivity index (χ2n) is 2.40. The van der Waals surface area contributed by atoms with Crippen molar-refractivity contribution in [2.45, 2.75) is 6.42 Å². The van der Waals surface area contributed by atoms with Gasteiger partial charge in [0, 0.05) is 18.1 Å². The molecule has 0 amide bonds. The summed E-state index contributed by atoms with van der Waals surface area (Å²) in [5.41, 5.74) is 2.32. The molecule has 0 fully saturated rings. The Morgan fingerprint density at radius 3 is 2.50 bits per heavy atom. The van der Waals surface area contributed by atoms with E-state index in [-0.39, 0.29) is 10.6 Å². The molecule has 1 aromatic carbocycles. The maximum atomic E-state index is 10.3. The molecule has 3 heteroatoms. The van der Waals surface area contributed by atoms with Gasteiger partial charge in [-0.2, -0.15) is 0 Å². The van der Waals surface area contributed by atoms with Crippen molar-refractivity contribution in [3.05, 3.63) is 39.4 Å². The van der Waals surface area contributed by atoms with E-state index in [1.165, 1.54) is 5.56 Å². The van der Waals surface area contributed by atoms with Crippen molar-refractivity contribution in [2.75, 3.05) is 0 Å². The number of hydrogen-bond donors (Lipinski definition) is 0. The van der Waals surface area contributed by atoms with Crippen molar-refractivity contribution in [1.82, 2.24) is 0 Å². The Balaban J connectivity index is 2.56. The Morgan fingerprint density at radius 1 is 1.50 bits per heavy atom. The summed E-state index contributed by atoms with van der Waals surface area (Å²) in [5.74, 6) is 0. The standard InChI is InChI=1S/C7H5NO2/c9-8(10)7-2-1-5-3-6(7)4-5/h1-3H,4H2. The number of rotatable bonds is 1. The smallest absolute Gasteiger partial charge is 0.258 e. The molecule has 3 nitrogen and oxygen atoms in total. The van der Waals surface area contributed by atoms with Crippen LogP contribution in [0.1, 0.15) is 11.1 Å². The van der Waals surface area contributed by atoms with Crippen molar-refractivity contribution < 1.29 is 4.92 Å². The van der Waals surface area contributed by atoms with Crippen molar-refractivity contribution in [1.29, 1.82) is 0 Å². The van der Waals surface area contributed by atoms with Gasteiger partial charge in [0.1, 0.15) is 0 Å². The molecule has 0 saturated heterocycles. The van der Waals surface area contributed by atoms with Crippen molar-refractivity contribution in [3.8, 4) is 0 Å². The number of nitrogens with zero attached hydrogens (tertiary/aromatic N) is 1. The molecule has 2 aliphatic rings. The van der Waals surface area contributed by atoms with Crippen LogP contribution in [0.5, 0.6) is 0 Å². The van der Waals surface area contributed by atoms with Gasteiger partial charge in [0.2, 0.25) is 0 Å². The van der Waals surface area contributed by atoms with Gasteiger partial charge in [0.15, 0.2) is 0 Å². The lowest BCUT2D eigenvalue weighted by Gasteiger charge is -2.12. The molecular formula is C7H5NO2. The number of fused-ring (bicyclic) bond motifs is 2. The molecule has 2 bridgehead atoms. The maximum Gasteiger partial charge on any atom is 0.272 e. The molecule has 0 atom stereocenters. The molecule has 0 aromatic heterocycles. The van der Waals surface area contributed by atoms with Gasteiger partial charge in [-0.1, -0.05) is 6.07 Å². The van der Waals surface area contributed by atoms with Crippen LogP contribution in [0.4, 0.5) is 5.69 Å². The Morgan fingerprint density at radius 2 is 2.20 bits per heavy atom. The topological polar surface area (TPSA) is 43.1 Å². The fraction of sp³-hybridized carbons (Fsp3) is 0.143. The van der Waals surface area contributed by atoms with E-state index in [1.54, 1.807) is 12.1 Å². The summed E-state index contributed by atoms with van der Waals surface area (Å²) in [6.45, 7) is 0. The highest BCUT2D eigenvalue weighted by Crippen LogP contribution is 2.30. The first-order valence-electron chi connectivity index (χ1n) is 3.03. The molecule has 0 N–H and O–H groups in total. The molecular weight excluding hydrogens is 130 g/mol. The van der Waals surface area contributed by atoms with E-state index in [0.29, 0.717) is 0 Å². The first-order chi connectivity index (χ1) is 4.77. The maximum absolute atomic E-state index is 10.3. The first-order valence-corrected chi connectivity index (χ1v) is 3.03. The van der Waals surface area contributed by atoms with Crippen molar-refractivity contribution >= 4 is 5.69 Å². The summed E-state index contributed by atoms with van der Waals surface area (Å²) >= 11 is 0. The number of hydrogen-bond acceptors (Lipinski definition) is 2. The summed E-state index contributed by atoms with van der Waals surface area (Å²) in [6.07, 6.45) is 0.785. The zero-order valence-electron chi connectivity index (χ0n) is 5.20. The lowest BCUT2D eigenvalue weighted by Crippen LogP contribution is -2.04. The zero-order chi connectivity index (χ0) is 7.14. The highest BCUT2D eigenvalue weighted by Gasteiger charge is 2.20. The van der Waals surface area contributed by atoms with Crippen molar-refractivity contribution in [2.24, 2.45) is 0 Å². The summed E-state index contributed by atoms with van der Waals surface area (Å²) in [5, 5.41) is 10.3. The van der Waals surface area contributed by atoms with Gasteiger partial charge in [0.05, 0.1) is 4.92 Å². The minimum absolute atomic E-state index is 0.259. The molecule has 0 heterocycles. The molecule has 0 spiro atoms. The average molecular weight is 135 g/mol. The van der Waals surface area contributed by atoms with Crippen LogP contribution >= 0.6 is 0 Å². The third-order valence-corrected chi connectivity index (χ3v) is 1.74. The SMILES string of the molecule is O=[N+]([O-])c1ccc2cc1C2. The third kappa shape index (κ3) is 0.543. The normalized spacial score (nSPS) is 12.4. The summed E-state index contributed by atoms with van der Waals surface area (Å²) in [4.78, 5) is 9.92. The largest absolute Gasteiger partial charge is 0.272 e. The van der Waals surface area contributed by atoms with E-state index < -0.39 is 0 Å². The van der Waals surface area contributed by atoms with E-state index in [4.69, 9.17) is 0 Å². The van der Waals surface area contributed by atoms with Gasteiger partial charge in [-0.3, -0.25) is 10.1 Å². The van der Waals surface area contributed by atoms with E-state index >= 15 is 0 Å². The van der Waals surface area contributed by atoms with E-state index in [2.05, 4.69) is 0 Å². The average Bonchev–Trinajstić information content (AvgIpc) is 1.86. The van der Waals surface area contributed by atoms with E-state index in [1.807, 2.05) is 6.07 Å². The summed E-state index contributed by atoms with van der Waals surface area (Å²) in [6, 6.07) is 5.22. The van der Waals surface area contributed by atoms with Crippen LogP contribution in [-0.4, -0.2) is 4.92 Å². The summed E-state index contributed by atoms with van der Waals surface area (Å²) < 4.78 is 0. The molecule has 50 valence electrons. The predicted octanol–water partition coefficient (Wildman–Crippen LogP) is 1.50. The minimum atomic E-state index is -0.335. The highest BCUT2D eigenvalue weighted by atomic mass is 16.6. The molecule has 3 rings (SSSR count). The van der Waals surface area contributed by atoms with E-state index in [9.17, 15) is 10.1 Å². The molecule has 10 heavy (non-hydrogen) atoms. The van der Waals surface area contributed by atoms with Crippen LogP contribution in [0, 0.1) is 10.1 Å². The highest BCUT2D eigenvalue weighted by molar-refractivity contribution is 5.52. The number of benzene rings is 1.